The number of methoxy groups -OCH3 is 2. The Bertz CT molecular complexity index is 893. The molecule has 0 saturated heterocycles. The van der Waals surface area contributed by atoms with E-state index in [2.05, 4.69) is 0 Å². The Morgan fingerprint density at radius 2 is 1.65 bits per heavy atom. The molecule has 0 unspecified atom stereocenters. The first-order valence-corrected chi connectivity index (χ1v) is 9.76. The average Bonchev–Trinajstić information content (AvgIpc) is 2.62. The third-order valence-electron chi connectivity index (χ3n) is 3.97. The van der Waals surface area contributed by atoms with Crippen molar-refractivity contribution in [2.75, 3.05) is 21.3 Å². The van der Waals surface area contributed by atoms with Gasteiger partial charge in [-0.2, -0.15) is 4.31 Å². The highest BCUT2D eigenvalue weighted by atomic mass is 35.5. The van der Waals surface area contributed by atoms with Gasteiger partial charge in [0.25, 0.3) is 0 Å². The molecule has 2 rings (SSSR count). The van der Waals surface area contributed by atoms with Gasteiger partial charge in [0.2, 0.25) is 10.0 Å². The topological polar surface area (TPSA) is 55.8 Å². The van der Waals surface area contributed by atoms with Gasteiger partial charge >= 0.3 is 0 Å². The molecule has 0 fully saturated rings. The minimum atomic E-state index is -3.57. The summed E-state index contributed by atoms with van der Waals surface area (Å²) in [5.74, 6) is 1.18. The number of sulfonamides is 1. The van der Waals surface area contributed by atoms with Crippen molar-refractivity contribution in [3.63, 3.8) is 0 Å². The molecule has 2 aromatic rings. The smallest absolute Gasteiger partial charge is 0.236 e. The van der Waals surface area contributed by atoms with Crippen molar-refractivity contribution in [1.29, 1.82) is 0 Å². The number of halogens is 1. The van der Waals surface area contributed by atoms with Crippen LogP contribution in [0.25, 0.3) is 6.08 Å². The van der Waals surface area contributed by atoms with Gasteiger partial charge in [-0.25, -0.2) is 8.42 Å². The van der Waals surface area contributed by atoms with E-state index < -0.39 is 10.0 Å². The number of nitrogens with zero attached hydrogens (tertiary/aromatic N) is 1. The van der Waals surface area contributed by atoms with Crippen LogP contribution < -0.4 is 9.47 Å². The summed E-state index contributed by atoms with van der Waals surface area (Å²) in [5.41, 5.74) is 2.52. The normalized spacial score (nSPS) is 11.9. The number of aryl methyl sites for hydroxylation is 1. The van der Waals surface area contributed by atoms with Crippen molar-refractivity contribution in [3.05, 3.63) is 63.5 Å². The lowest BCUT2D eigenvalue weighted by atomic mass is 10.1. The van der Waals surface area contributed by atoms with Crippen molar-refractivity contribution in [3.8, 4) is 11.5 Å². The lowest BCUT2D eigenvalue weighted by Gasteiger charge is -2.18. The molecular formula is C19H22ClNO4S. The summed E-state index contributed by atoms with van der Waals surface area (Å²) in [6, 6.07) is 10.6. The minimum Gasteiger partial charge on any atom is -0.493 e. The summed E-state index contributed by atoms with van der Waals surface area (Å²) in [4.78, 5) is 0. The predicted molar refractivity (Wildman–Crippen MR) is 105 cm³/mol. The van der Waals surface area contributed by atoms with Gasteiger partial charge in [-0.05, 0) is 54.0 Å². The highest BCUT2D eigenvalue weighted by Crippen LogP contribution is 2.31. The average molecular weight is 396 g/mol. The van der Waals surface area contributed by atoms with Crippen molar-refractivity contribution < 1.29 is 17.9 Å². The zero-order chi connectivity index (χ0) is 19.3. The van der Waals surface area contributed by atoms with Crippen LogP contribution in [0.3, 0.4) is 0 Å². The van der Waals surface area contributed by atoms with Gasteiger partial charge in [-0.15, -0.1) is 0 Å². The lowest BCUT2D eigenvalue weighted by Crippen LogP contribution is -2.24. The second-order valence-corrected chi connectivity index (χ2v) is 8.15. The third kappa shape index (κ3) is 5.00. The fourth-order valence-electron chi connectivity index (χ4n) is 2.37. The highest BCUT2D eigenvalue weighted by Gasteiger charge is 2.17. The fourth-order valence-corrected chi connectivity index (χ4v) is 3.35. The van der Waals surface area contributed by atoms with E-state index in [0.717, 1.165) is 16.7 Å². The Kier molecular flexibility index (Phi) is 6.69. The van der Waals surface area contributed by atoms with Crippen LogP contribution in [0.5, 0.6) is 11.5 Å². The SMILES string of the molecule is COc1cc(C)c(CN(C)S(=O)(=O)/C=C/c2ccc(Cl)cc2)cc1OC. The summed E-state index contributed by atoms with van der Waals surface area (Å²) in [5, 5.41) is 1.79. The summed E-state index contributed by atoms with van der Waals surface area (Å²) >= 11 is 5.83. The molecular weight excluding hydrogens is 374 g/mol. The maximum Gasteiger partial charge on any atom is 0.236 e. The quantitative estimate of drug-likeness (QED) is 0.708. The second kappa shape index (κ2) is 8.58. The molecule has 0 atom stereocenters. The first-order valence-electron chi connectivity index (χ1n) is 7.88. The van der Waals surface area contributed by atoms with Gasteiger partial charge in [0.15, 0.2) is 11.5 Å². The Labute approximate surface area is 159 Å². The largest absolute Gasteiger partial charge is 0.493 e. The molecule has 0 amide bonds. The number of hydrogen-bond donors (Lipinski definition) is 0. The van der Waals surface area contributed by atoms with Crippen LogP contribution in [0.4, 0.5) is 0 Å². The van der Waals surface area contributed by atoms with E-state index >= 15 is 0 Å². The minimum absolute atomic E-state index is 0.222. The van der Waals surface area contributed by atoms with Crippen molar-refractivity contribution in [1.82, 2.24) is 4.31 Å². The van der Waals surface area contributed by atoms with E-state index in [1.165, 1.54) is 16.8 Å². The second-order valence-electron chi connectivity index (χ2n) is 5.79. The molecule has 0 aliphatic carbocycles. The number of benzene rings is 2. The summed E-state index contributed by atoms with van der Waals surface area (Å²) in [6.45, 7) is 2.13. The van der Waals surface area contributed by atoms with E-state index in [4.69, 9.17) is 21.1 Å². The summed E-state index contributed by atoms with van der Waals surface area (Å²) in [7, 11) is 1.08. The van der Waals surface area contributed by atoms with E-state index in [1.807, 2.05) is 13.0 Å². The monoisotopic (exact) mass is 395 g/mol. The molecule has 0 aliphatic heterocycles. The zero-order valence-electron chi connectivity index (χ0n) is 15.2. The van der Waals surface area contributed by atoms with E-state index in [0.29, 0.717) is 16.5 Å². The fraction of sp³-hybridized carbons (Fsp3) is 0.263. The van der Waals surface area contributed by atoms with E-state index in [1.54, 1.807) is 50.6 Å². The maximum absolute atomic E-state index is 12.5. The molecule has 0 aliphatic rings. The molecule has 0 heterocycles. The Hall–Kier alpha value is -2.02. The number of hydrogen-bond acceptors (Lipinski definition) is 4. The molecule has 7 heteroatoms. The third-order valence-corrected chi connectivity index (χ3v) is 5.70. The van der Waals surface area contributed by atoms with Crippen molar-refractivity contribution in [2.45, 2.75) is 13.5 Å². The lowest BCUT2D eigenvalue weighted by molar-refractivity contribution is 0.353. The van der Waals surface area contributed by atoms with Crippen LogP contribution in [0, 0.1) is 6.92 Å². The zero-order valence-corrected chi connectivity index (χ0v) is 16.8. The summed E-state index contributed by atoms with van der Waals surface area (Å²) in [6.07, 6.45) is 1.55. The molecule has 5 nitrogen and oxygen atoms in total. The molecule has 140 valence electrons. The standard InChI is InChI=1S/C19H22ClNO4S/c1-14-11-18(24-3)19(25-4)12-16(14)13-21(2)26(22,23)10-9-15-5-7-17(20)8-6-15/h5-12H,13H2,1-4H3/b10-9+. The van der Waals surface area contributed by atoms with Crippen LogP contribution in [-0.4, -0.2) is 34.0 Å². The highest BCUT2D eigenvalue weighted by molar-refractivity contribution is 7.92. The van der Waals surface area contributed by atoms with Crippen LogP contribution in [-0.2, 0) is 16.6 Å². The van der Waals surface area contributed by atoms with Gasteiger partial charge in [0, 0.05) is 24.0 Å². The van der Waals surface area contributed by atoms with Gasteiger partial charge in [-0.3, -0.25) is 0 Å². The number of rotatable bonds is 7. The van der Waals surface area contributed by atoms with Gasteiger partial charge in [0.1, 0.15) is 0 Å². The molecule has 0 N–H and O–H groups in total. The Balaban J connectivity index is 2.20. The molecule has 0 aromatic heterocycles. The van der Waals surface area contributed by atoms with Crippen LogP contribution in [0.15, 0.2) is 41.8 Å². The van der Waals surface area contributed by atoms with Crippen molar-refractivity contribution >= 4 is 27.7 Å². The molecule has 0 bridgehead atoms. The summed E-state index contributed by atoms with van der Waals surface area (Å²) < 4.78 is 36.9. The van der Waals surface area contributed by atoms with Gasteiger partial charge in [-0.1, -0.05) is 23.7 Å². The Morgan fingerprint density at radius 3 is 2.23 bits per heavy atom. The van der Waals surface area contributed by atoms with Crippen LogP contribution in [0.1, 0.15) is 16.7 Å². The Morgan fingerprint density at radius 1 is 1.08 bits per heavy atom. The predicted octanol–water partition coefficient (Wildman–Crippen LogP) is 4.10. The number of ether oxygens (including phenoxy) is 2. The molecule has 0 saturated carbocycles. The molecule has 0 spiro atoms. The first-order chi connectivity index (χ1) is 12.3. The van der Waals surface area contributed by atoms with Crippen LogP contribution >= 0.6 is 11.6 Å². The van der Waals surface area contributed by atoms with Gasteiger partial charge < -0.3 is 9.47 Å². The van der Waals surface area contributed by atoms with Crippen LogP contribution in [0.2, 0.25) is 5.02 Å². The van der Waals surface area contributed by atoms with Crippen molar-refractivity contribution in [2.24, 2.45) is 0 Å². The maximum atomic E-state index is 12.5. The first kappa shape index (κ1) is 20.3. The van der Waals surface area contributed by atoms with E-state index in [-0.39, 0.29) is 6.54 Å². The van der Waals surface area contributed by atoms with E-state index in [9.17, 15) is 8.42 Å². The molecule has 2 aromatic carbocycles. The molecule has 0 radical (unpaired) electrons. The van der Waals surface area contributed by atoms with Gasteiger partial charge in [0.05, 0.1) is 14.2 Å². The molecule has 26 heavy (non-hydrogen) atoms.